The lowest BCUT2D eigenvalue weighted by atomic mass is 9.89. The molecule has 5 amide bonds. The molecule has 0 saturated carbocycles. The third-order valence-corrected chi connectivity index (χ3v) is 9.22. The highest BCUT2D eigenvalue weighted by Crippen LogP contribution is 2.44. The molecule has 0 radical (unpaired) electrons. The fourth-order valence-corrected chi connectivity index (χ4v) is 6.31. The summed E-state index contributed by atoms with van der Waals surface area (Å²) in [6.07, 6.45) is 1.29. The number of amides is 5. The third kappa shape index (κ3) is 11.1. The highest BCUT2D eigenvalue weighted by molar-refractivity contribution is 5.97. The minimum Gasteiger partial charge on any atom is -0.449 e. The lowest BCUT2D eigenvalue weighted by Crippen LogP contribution is -2.46. The number of ether oxygens (including phenoxy) is 2. The number of hydrogen-bond donors (Lipinski definition) is 4. The van der Waals surface area contributed by atoms with Gasteiger partial charge in [-0.2, -0.15) is 0 Å². The summed E-state index contributed by atoms with van der Waals surface area (Å²) < 4.78 is 11.1. The van der Waals surface area contributed by atoms with Crippen molar-refractivity contribution in [3.63, 3.8) is 0 Å². The highest BCUT2D eigenvalue weighted by atomic mass is 16.6. The summed E-state index contributed by atoms with van der Waals surface area (Å²) in [5, 5.41) is 8.14. The van der Waals surface area contributed by atoms with E-state index in [9.17, 15) is 24.0 Å². The van der Waals surface area contributed by atoms with Crippen LogP contribution in [0.25, 0.3) is 11.1 Å². The Morgan fingerprint density at radius 2 is 1.50 bits per heavy atom. The van der Waals surface area contributed by atoms with Gasteiger partial charge in [-0.3, -0.25) is 9.59 Å². The number of hydrogen-bond acceptors (Lipinski definition) is 7. The fraction of sp³-hybridized carbons (Fsp3) is 0.425. The largest absolute Gasteiger partial charge is 0.449 e. The number of primary amides is 1. The molecule has 0 heterocycles. The molecule has 2 atom stereocenters. The molecule has 0 aliphatic heterocycles. The zero-order chi connectivity index (χ0) is 37.6. The smallest absolute Gasteiger partial charge is 0.409 e. The maximum absolute atomic E-state index is 13.7. The van der Waals surface area contributed by atoms with Crippen molar-refractivity contribution in [2.75, 3.05) is 32.1 Å². The predicted octanol–water partition coefficient (Wildman–Crippen LogP) is 6.58. The standard InChI is InChI=1S/C40H51N5O7/c1-5-6-22-45(4)40(50)52-24-27-17-19-29(20-18-27)43-37(47)28(12-11-21-42-38(41)48)23-35(46)36(26(2)3)44-39(49)51-25-34-32-15-9-7-13-30(32)31-14-8-10-16-33(31)34/h7-10,13-20,26,28,34,36H,5-6,11-12,21-25H2,1-4H3,(H,43,47)(H,44,49)(H3,41,42,48)/t28-,36+/m1/s1. The summed E-state index contributed by atoms with van der Waals surface area (Å²) >= 11 is 0. The number of nitrogens with zero attached hydrogens (tertiary/aromatic N) is 1. The molecule has 12 nitrogen and oxygen atoms in total. The van der Waals surface area contributed by atoms with Crippen molar-refractivity contribution >= 4 is 35.6 Å². The number of rotatable bonds is 18. The lowest BCUT2D eigenvalue weighted by Gasteiger charge is -2.24. The number of benzene rings is 3. The Balaban J connectivity index is 1.36. The number of ketones is 1. The molecule has 12 heteroatoms. The first-order valence-electron chi connectivity index (χ1n) is 17.9. The first-order chi connectivity index (χ1) is 25.0. The van der Waals surface area contributed by atoms with E-state index in [2.05, 4.69) is 35.0 Å². The van der Waals surface area contributed by atoms with Crippen molar-refractivity contribution in [2.24, 2.45) is 17.6 Å². The average Bonchev–Trinajstić information content (AvgIpc) is 3.45. The van der Waals surface area contributed by atoms with Gasteiger partial charge in [0, 0.05) is 44.1 Å². The summed E-state index contributed by atoms with van der Waals surface area (Å²) in [5.41, 5.74) is 10.8. The lowest BCUT2D eigenvalue weighted by molar-refractivity contribution is -0.128. The summed E-state index contributed by atoms with van der Waals surface area (Å²) in [4.78, 5) is 65.3. The molecule has 278 valence electrons. The molecule has 0 fully saturated rings. The highest BCUT2D eigenvalue weighted by Gasteiger charge is 2.32. The number of urea groups is 1. The van der Waals surface area contributed by atoms with E-state index in [1.165, 1.54) is 4.90 Å². The molecule has 52 heavy (non-hydrogen) atoms. The third-order valence-electron chi connectivity index (χ3n) is 9.22. The molecule has 0 aromatic heterocycles. The molecule has 3 aromatic rings. The first kappa shape index (κ1) is 39.4. The predicted molar refractivity (Wildman–Crippen MR) is 200 cm³/mol. The Labute approximate surface area is 305 Å². The SMILES string of the molecule is CCCCN(C)C(=O)OCc1ccc(NC(=O)[C@H](CCCNC(N)=O)CC(=O)[C@@H](NC(=O)OCC2c3ccccc3-c3ccccc32)C(C)C)cc1. The number of nitrogens with two attached hydrogens (primary N) is 1. The maximum Gasteiger partial charge on any atom is 0.409 e. The van der Waals surface area contributed by atoms with E-state index in [4.69, 9.17) is 15.2 Å². The number of anilines is 1. The maximum atomic E-state index is 13.7. The van der Waals surface area contributed by atoms with Crippen LogP contribution in [0.4, 0.5) is 20.1 Å². The second-order valence-corrected chi connectivity index (χ2v) is 13.5. The molecular weight excluding hydrogens is 662 g/mol. The molecular formula is C40H51N5O7. The van der Waals surface area contributed by atoms with E-state index < -0.39 is 30.2 Å². The Hall–Kier alpha value is -5.39. The molecule has 1 aliphatic carbocycles. The topological polar surface area (TPSA) is 169 Å². The van der Waals surface area contributed by atoms with Crippen LogP contribution < -0.4 is 21.7 Å². The van der Waals surface area contributed by atoms with Crippen molar-refractivity contribution in [1.29, 1.82) is 0 Å². The summed E-state index contributed by atoms with van der Waals surface area (Å²) in [5.74, 6) is -1.86. The summed E-state index contributed by atoms with van der Waals surface area (Å²) in [6.45, 7) is 6.73. The zero-order valence-electron chi connectivity index (χ0n) is 30.5. The van der Waals surface area contributed by atoms with Crippen molar-refractivity contribution in [3.05, 3.63) is 89.5 Å². The molecule has 4 rings (SSSR count). The van der Waals surface area contributed by atoms with Gasteiger partial charge >= 0.3 is 18.2 Å². The van der Waals surface area contributed by atoms with E-state index in [0.717, 1.165) is 40.7 Å². The van der Waals surface area contributed by atoms with Crippen LogP contribution in [0.2, 0.25) is 0 Å². The van der Waals surface area contributed by atoms with E-state index in [1.54, 1.807) is 31.3 Å². The van der Waals surface area contributed by atoms with Gasteiger partial charge in [0.05, 0.1) is 6.04 Å². The van der Waals surface area contributed by atoms with E-state index in [-0.39, 0.29) is 56.1 Å². The van der Waals surface area contributed by atoms with Crippen LogP contribution in [0.15, 0.2) is 72.8 Å². The second kappa shape index (κ2) is 19.3. The normalized spacial score (nSPS) is 12.9. The summed E-state index contributed by atoms with van der Waals surface area (Å²) in [6, 6.07) is 21.4. The van der Waals surface area contributed by atoms with Crippen molar-refractivity contribution in [2.45, 2.75) is 71.4 Å². The molecule has 3 aromatic carbocycles. The van der Waals surface area contributed by atoms with Gasteiger partial charge in [-0.15, -0.1) is 0 Å². The second-order valence-electron chi connectivity index (χ2n) is 13.5. The molecule has 0 spiro atoms. The van der Waals surface area contributed by atoms with Crippen LogP contribution in [-0.4, -0.2) is 67.6 Å². The van der Waals surface area contributed by atoms with E-state index in [1.807, 2.05) is 50.2 Å². The van der Waals surface area contributed by atoms with Gasteiger partial charge in [-0.25, -0.2) is 14.4 Å². The van der Waals surface area contributed by atoms with Crippen LogP contribution in [-0.2, 0) is 25.7 Å². The van der Waals surface area contributed by atoms with Crippen LogP contribution in [0.5, 0.6) is 0 Å². The molecule has 1 aliphatic rings. The van der Waals surface area contributed by atoms with Gasteiger partial charge in [0.25, 0.3) is 0 Å². The molecule has 0 unspecified atom stereocenters. The zero-order valence-corrected chi connectivity index (χ0v) is 30.5. The van der Waals surface area contributed by atoms with Crippen molar-refractivity contribution in [1.82, 2.24) is 15.5 Å². The van der Waals surface area contributed by atoms with Crippen molar-refractivity contribution < 1.29 is 33.4 Å². The van der Waals surface area contributed by atoms with Crippen LogP contribution in [0.3, 0.4) is 0 Å². The van der Waals surface area contributed by atoms with Crippen LogP contribution in [0.1, 0.15) is 75.5 Å². The quantitative estimate of drug-likeness (QED) is 0.108. The van der Waals surface area contributed by atoms with Gasteiger partial charge in [-0.1, -0.05) is 87.9 Å². The Morgan fingerprint density at radius 3 is 2.10 bits per heavy atom. The number of carbonyl (C=O) groups is 5. The Bertz CT molecular complexity index is 1650. The van der Waals surface area contributed by atoms with E-state index in [0.29, 0.717) is 18.7 Å². The molecule has 0 saturated heterocycles. The van der Waals surface area contributed by atoms with Gasteiger partial charge < -0.3 is 36.1 Å². The minimum absolute atomic E-state index is 0.0841. The minimum atomic E-state index is -0.891. The Morgan fingerprint density at radius 1 is 0.865 bits per heavy atom. The van der Waals surface area contributed by atoms with Gasteiger partial charge in [-0.05, 0) is 65.1 Å². The number of carbonyl (C=O) groups excluding carboxylic acids is 5. The van der Waals surface area contributed by atoms with Gasteiger partial charge in [0.15, 0.2) is 5.78 Å². The van der Waals surface area contributed by atoms with E-state index >= 15 is 0 Å². The number of fused-ring (bicyclic) bond motifs is 3. The fourth-order valence-electron chi connectivity index (χ4n) is 6.31. The van der Waals surface area contributed by atoms with Crippen molar-refractivity contribution in [3.8, 4) is 11.1 Å². The number of alkyl carbamates (subject to hydrolysis) is 1. The van der Waals surface area contributed by atoms with Crippen LogP contribution >= 0.6 is 0 Å². The van der Waals surface area contributed by atoms with Crippen LogP contribution in [0, 0.1) is 11.8 Å². The molecule has 0 bridgehead atoms. The number of nitrogens with one attached hydrogen (secondary N) is 3. The number of unbranched alkanes of at least 4 members (excludes halogenated alkanes) is 1. The number of Topliss-reactive ketones (excluding diaryl/α,β-unsaturated/α-hetero) is 1. The first-order valence-corrected chi connectivity index (χ1v) is 17.9. The average molecular weight is 714 g/mol. The Kier molecular flexibility index (Phi) is 14.6. The van der Waals surface area contributed by atoms with Gasteiger partial charge in [0.1, 0.15) is 13.2 Å². The summed E-state index contributed by atoms with van der Waals surface area (Å²) in [7, 11) is 1.70. The van der Waals surface area contributed by atoms with Gasteiger partial charge in [0.2, 0.25) is 5.91 Å². The monoisotopic (exact) mass is 713 g/mol. The molecule has 5 N–H and O–H groups in total.